The van der Waals surface area contributed by atoms with Gasteiger partial charge in [0.2, 0.25) is 5.75 Å². The van der Waals surface area contributed by atoms with Crippen molar-refractivity contribution in [3.63, 3.8) is 0 Å². The number of aromatic nitrogens is 2. The molecule has 9 nitrogen and oxygen atoms in total. The van der Waals surface area contributed by atoms with Gasteiger partial charge >= 0.3 is 12.1 Å². The van der Waals surface area contributed by atoms with Gasteiger partial charge in [-0.25, -0.2) is 4.79 Å². The third kappa shape index (κ3) is 6.06. The number of rotatable bonds is 5. The third-order valence-corrected chi connectivity index (χ3v) is 5.57. The summed E-state index contributed by atoms with van der Waals surface area (Å²) in [5.41, 5.74) is 1.69. The van der Waals surface area contributed by atoms with E-state index >= 15 is 0 Å². The first-order chi connectivity index (χ1) is 17.1. The molecule has 0 radical (unpaired) electrons. The molecule has 1 fully saturated rings. The fourth-order valence-electron chi connectivity index (χ4n) is 3.77. The highest BCUT2D eigenvalue weighted by atomic mass is 19.4. The van der Waals surface area contributed by atoms with Crippen LogP contribution in [0.1, 0.15) is 12.8 Å². The van der Waals surface area contributed by atoms with E-state index in [1.807, 2.05) is 24.4 Å². The van der Waals surface area contributed by atoms with Crippen LogP contribution in [0.15, 0.2) is 41.6 Å². The van der Waals surface area contributed by atoms with Crippen LogP contribution >= 0.6 is 0 Å². The molecule has 1 saturated heterocycles. The quantitative estimate of drug-likeness (QED) is 0.539. The first-order valence-electron chi connectivity index (χ1n) is 10.9. The summed E-state index contributed by atoms with van der Waals surface area (Å²) in [5, 5.41) is 11.9. The van der Waals surface area contributed by atoms with Gasteiger partial charge in [-0.2, -0.15) is 13.2 Å². The lowest BCUT2D eigenvalue weighted by molar-refractivity contribution is -0.192. The average Bonchev–Trinajstić information content (AvgIpc) is 2.86. The number of fused-ring (bicyclic) bond motifs is 1. The number of methoxy groups -OCH3 is 2. The van der Waals surface area contributed by atoms with Crippen molar-refractivity contribution in [2.45, 2.75) is 25.1 Å². The Kier molecular flexibility index (Phi) is 8.41. The molecule has 36 heavy (non-hydrogen) atoms. The zero-order chi connectivity index (χ0) is 26.5. The maximum absolute atomic E-state index is 12.5. The minimum Gasteiger partial charge on any atom is -0.493 e. The number of pyridine rings is 2. The van der Waals surface area contributed by atoms with Gasteiger partial charge in [0, 0.05) is 31.2 Å². The van der Waals surface area contributed by atoms with Gasteiger partial charge < -0.3 is 29.2 Å². The highest BCUT2D eigenvalue weighted by Gasteiger charge is 2.38. The zero-order valence-corrected chi connectivity index (χ0v) is 19.9. The number of hydrogen-bond donors (Lipinski definition) is 2. The number of ether oxygens (including phenoxy) is 3. The molecular weight excluding hydrogens is 483 g/mol. The molecule has 12 heteroatoms. The second-order valence-electron chi connectivity index (χ2n) is 7.96. The van der Waals surface area contributed by atoms with Crippen molar-refractivity contribution in [2.75, 3.05) is 27.3 Å². The molecule has 2 aromatic heterocycles. The second-order valence-corrected chi connectivity index (χ2v) is 7.96. The first-order valence-corrected chi connectivity index (χ1v) is 10.9. The molecule has 4 rings (SSSR count). The number of nitrogens with zero attached hydrogens (tertiary/aromatic N) is 2. The largest absolute Gasteiger partial charge is 0.493 e. The summed E-state index contributed by atoms with van der Waals surface area (Å²) in [5.74, 6) is -0.933. The van der Waals surface area contributed by atoms with Gasteiger partial charge in [0.1, 0.15) is 6.10 Å². The number of aryl methyl sites for hydroxylation is 1. The Morgan fingerprint density at radius 2 is 1.72 bits per heavy atom. The van der Waals surface area contributed by atoms with Crippen molar-refractivity contribution >= 4 is 16.7 Å². The Hall–Kier alpha value is -3.80. The van der Waals surface area contributed by atoms with Gasteiger partial charge in [-0.1, -0.05) is 0 Å². The van der Waals surface area contributed by atoms with E-state index in [4.69, 9.17) is 24.1 Å². The van der Waals surface area contributed by atoms with Crippen molar-refractivity contribution in [3.8, 4) is 28.4 Å². The number of nitrogens with one attached hydrogen (secondary N) is 1. The predicted molar refractivity (Wildman–Crippen MR) is 126 cm³/mol. The van der Waals surface area contributed by atoms with Crippen LogP contribution in [0.4, 0.5) is 13.2 Å². The molecule has 0 atom stereocenters. The fraction of sp³-hybridized carbons (Fsp3) is 0.375. The van der Waals surface area contributed by atoms with Crippen LogP contribution in [-0.2, 0) is 11.8 Å². The van der Waals surface area contributed by atoms with E-state index < -0.39 is 12.1 Å². The highest BCUT2D eigenvalue weighted by Crippen LogP contribution is 2.43. The Balaban J connectivity index is 0.000000454. The lowest BCUT2D eigenvalue weighted by atomic mass is 10.0. The van der Waals surface area contributed by atoms with E-state index in [-0.39, 0.29) is 11.7 Å². The van der Waals surface area contributed by atoms with Crippen molar-refractivity contribution in [2.24, 2.45) is 7.05 Å². The molecule has 0 unspecified atom stereocenters. The summed E-state index contributed by atoms with van der Waals surface area (Å²) >= 11 is 0. The highest BCUT2D eigenvalue weighted by molar-refractivity contribution is 5.96. The van der Waals surface area contributed by atoms with Crippen molar-refractivity contribution < 1.29 is 37.3 Å². The summed E-state index contributed by atoms with van der Waals surface area (Å²) in [7, 11) is 4.98. The monoisotopic (exact) mass is 509 g/mol. The minimum atomic E-state index is -5.08. The van der Waals surface area contributed by atoms with E-state index in [0.717, 1.165) is 42.4 Å². The van der Waals surface area contributed by atoms with E-state index in [1.54, 1.807) is 38.2 Å². The lowest BCUT2D eigenvalue weighted by Gasteiger charge is -2.26. The Morgan fingerprint density at radius 1 is 1.14 bits per heavy atom. The molecule has 3 aromatic rings. The molecule has 194 valence electrons. The molecule has 1 aromatic carbocycles. The minimum absolute atomic E-state index is 0.0818. The van der Waals surface area contributed by atoms with Crippen LogP contribution in [-0.4, -0.2) is 60.2 Å². The number of aliphatic carboxylic acids is 1. The van der Waals surface area contributed by atoms with Crippen LogP contribution in [0, 0.1) is 0 Å². The number of benzene rings is 1. The van der Waals surface area contributed by atoms with Crippen LogP contribution in [0.25, 0.3) is 21.9 Å². The Bertz CT molecular complexity index is 1260. The van der Waals surface area contributed by atoms with E-state index in [1.165, 1.54) is 0 Å². The molecule has 0 saturated carbocycles. The molecule has 1 aliphatic heterocycles. The summed E-state index contributed by atoms with van der Waals surface area (Å²) in [6.07, 6.45) is 2.03. The number of alkyl halides is 3. The summed E-state index contributed by atoms with van der Waals surface area (Å²) in [6, 6.07) is 5.71. The number of carbonyl (C=O) groups is 1. The number of carboxylic acids is 1. The second kappa shape index (κ2) is 11.3. The van der Waals surface area contributed by atoms with Crippen LogP contribution in [0.2, 0.25) is 0 Å². The normalized spacial score (nSPS) is 14.1. The fourth-order valence-corrected chi connectivity index (χ4v) is 3.77. The van der Waals surface area contributed by atoms with Gasteiger partial charge in [0.15, 0.2) is 11.5 Å². The Morgan fingerprint density at radius 3 is 2.25 bits per heavy atom. The molecule has 0 amide bonds. The zero-order valence-electron chi connectivity index (χ0n) is 19.9. The predicted octanol–water partition coefficient (Wildman–Crippen LogP) is 3.38. The summed E-state index contributed by atoms with van der Waals surface area (Å²) in [6.45, 7) is 1.87. The van der Waals surface area contributed by atoms with Gasteiger partial charge in [-0.15, -0.1) is 0 Å². The Labute approximate surface area is 204 Å². The van der Waals surface area contributed by atoms with Gasteiger partial charge in [-0.05, 0) is 55.1 Å². The van der Waals surface area contributed by atoms with E-state index in [0.29, 0.717) is 22.6 Å². The van der Waals surface area contributed by atoms with Crippen molar-refractivity contribution in [1.29, 1.82) is 0 Å². The molecule has 3 heterocycles. The molecular formula is C24H26F3N3O6. The molecule has 2 N–H and O–H groups in total. The average molecular weight is 509 g/mol. The maximum atomic E-state index is 12.5. The van der Waals surface area contributed by atoms with Crippen LogP contribution in [0.5, 0.6) is 17.2 Å². The summed E-state index contributed by atoms with van der Waals surface area (Å²) in [4.78, 5) is 25.5. The van der Waals surface area contributed by atoms with Gasteiger partial charge in [0.05, 0.1) is 19.6 Å². The molecule has 1 aliphatic rings. The third-order valence-electron chi connectivity index (χ3n) is 5.57. The van der Waals surface area contributed by atoms with Gasteiger partial charge in [0.25, 0.3) is 5.56 Å². The smallest absolute Gasteiger partial charge is 0.490 e. The number of halogens is 3. The van der Waals surface area contributed by atoms with E-state index in [9.17, 15) is 18.0 Å². The maximum Gasteiger partial charge on any atom is 0.490 e. The standard InChI is InChI=1S/C22H25N3O4.C2HF3O2/c1-25-13-18(16-6-9-24-12-17(16)22(25)26)14-10-19(27-2)21(20(11-14)28-3)29-15-4-7-23-8-5-15;3-2(4,5)1(6)7/h6,9-13,15,23H,4-5,7-8H2,1-3H3;(H,6,7). The van der Waals surface area contributed by atoms with Crippen LogP contribution < -0.4 is 25.1 Å². The molecule has 0 bridgehead atoms. The first kappa shape index (κ1) is 26.8. The summed E-state index contributed by atoms with van der Waals surface area (Å²) < 4.78 is 50.9. The van der Waals surface area contributed by atoms with E-state index in [2.05, 4.69) is 10.3 Å². The topological polar surface area (TPSA) is 112 Å². The van der Waals surface area contributed by atoms with Crippen molar-refractivity contribution in [1.82, 2.24) is 14.9 Å². The van der Waals surface area contributed by atoms with Crippen molar-refractivity contribution in [3.05, 3.63) is 47.1 Å². The molecule has 0 aliphatic carbocycles. The number of carboxylic acid groups (broad SMARTS) is 1. The van der Waals surface area contributed by atoms with Crippen LogP contribution in [0.3, 0.4) is 0 Å². The lowest BCUT2D eigenvalue weighted by Crippen LogP contribution is -2.34. The SMILES string of the molecule is COc1cc(-c2cn(C)c(=O)c3cnccc23)cc(OC)c1OC1CCNCC1.O=C(O)C(F)(F)F. The van der Waals surface area contributed by atoms with Gasteiger partial charge in [-0.3, -0.25) is 9.78 Å². The number of hydrogen-bond acceptors (Lipinski definition) is 7. The number of piperidine rings is 1. The molecule has 0 spiro atoms.